The number of ketones is 1. The minimum Gasteiger partial charge on any atom is -0.292 e. The molecule has 0 radical (unpaired) electrons. The zero-order chi connectivity index (χ0) is 26.3. The summed E-state index contributed by atoms with van der Waals surface area (Å²) < 4.78 is 0. The van der Waals surface area contributed by atoms with E-state index in [1.807, 2.05) is 89.9 Å². The molecule has 4 aromatic rings. The van der Waals surface area contributed by atoms with Crippen molar-refractivity contribution in [2.45, 2.75) is 11.9 Å². The van der Waals surface area contributed by atoms with Crippen molar-refractivity contribution in [2.75, 3.05) is 10.0 Å². The lowest BCUT2D eigenvalue weighted by Gasteiger charge is -2.47. The van der Waals surface area contributed by atoms with Crippen LogP contribution in [0.2, 0.25) is 0 Å². The number of hydrazone groups is 2. The van der Waals surface area contributed by atoms with Gasteiger partial charge in [-0.2, -0.15) is 10.2 Å². The first kappa shape index (κ1) is 23.6. The maximum absolute atomic E-state index is 12.7. The van der Waals surface area contributed by atoms with Crippen molar-refractivity contribution in [3.63, 3.8) is 0 Å². The molecular formula is C29H21N5O3S. The molecule has 9 heteroatoms. The molecule has 0 aromatic heterocycles. The second kappa shape index (κ2) is 9.28. The monoisotopic (exact) mass is 519 g/mol. The highest BCUT2D eigenvalue weighted by Crippen LogP contribution is 2.55. The van der Waals surface area contributed by atoms with Crippen LogP contribution in [0.15, 0.2) is 119 Å². The van der Waals surface area contributed by atoms with Gasteiger partial charge in [0.2, 0.25) is 4.99 Å². The van der Waals surface area contributed by atoms with Crippen LogP contribution < -0.4 is 10.0 Å². The molecule has 0 aliphatic carbocycles. The van der Waals surface area contributed by atoms with Crippen LogP contribution >= 0.6 is 11.8 Å². The Morgan fingerprint density at radius 3 is 2.03 bits per heavy atom. The summed E-state index contributed by atoms with van der Waals surface area (Å²) >= 11 is 1.31. The van der Waals surface area contributed by atoms with Crippen molar-refractivity contribution >= 4 is 45.4 Å². The standard InChI is InChI=1S/C29H21N5O3S/c1-20(35)28-31-33(23-16-18-24(19-17-23)34(36)37)29(38-28)26-15-9-8-14-25(26)27(21-10-4-2-5-11-21)30-32(29)22-12-6-3-7-13-22/h2-19H,1H3. The van der Waals surface area contributed by atoms with Crippen molar-refractivity contribution in [2.24, 2.45) is 10.2 Å². The number of non-ortho nitro benzene ring substituents is 1. The van der Waals surface area contributed by atoms with E-state index in [4.69, 9.17) is 10.2 Å². The minimum absolute atomic E-state index is 0.0289. The molecule has 1 atom stereocenters. The third kappa shape index (κ3) is 3.75. The van der Waals surface area contributed by atoms with E-state index in [2.05, 4.69) is 0 Å². The van der Waals surface area contributed by atoms with Crippen LogP contribution in [0, 0.1) is 10.1 Å². The summed E-state index contributed by atoms with van der Waals surface area (Å²) in [5, 5.41) is 25.3. The Morgan fingerprint density at radius 1 is 0.789 bits per heavy atom. The fourth-order valence-electron chi connectivity index (χ4n) is 4.67. The van der Waals surface area contributed by atoms with Gasteiger partial charge >= 0.3 is 0 Å². The Balaban J connectivity index is 1.64. The first-order chi connectivity index (χ1) is 18.5. The maximum Gasteiger partial charge on any atom is 0.269 e. The number of nitro groups is 1. The summed E-state index contributed by atoms with van der Waals surface area (Å²) in [6, 6.07) is 33.8. The van der Waals surface area contributed by atoms with Gasteiger partial charge in [-0.15, -0.1) is 0 Å². The Morgan fingerprint density at radius 2 is 1.37 bits per heavy atom. The maximum atomic E-state index is 12.7. The molecule has 38 heavy (non-hydrogen) atoms. The van der Waals surface area contributed by atoms with E-state index in [1.54, 1.807) is 17.1 Å². The highest BCUT2D eigenvalue weighted by Gasteiger charge is 2.55. The van der Waals surface area contributed by atoms with Gasteiger partial charge in [0.1, 0.15) is 0 Å². The lowest BCUT2D eigenvalue weighted by Crippen LogP contribution is -2.54. The summed E-state index contributed by atoms with van der Waals surface area (Å²) in [4.78, 5) is 22.5. The zero-order valence-corrected chi connectivity index (χ0v) is 21.1. The Hall–Kier alpha value is -4.76. The number of thioether (sulfide) groups is 1. The number of rotatable bonds is 5. The summed E-state index contributed by atoms with van der Waals surface area (Å²) in [7, 11) is 0. The van der Waals surface area contributed by atoms with Crippen LogP contribution in [0.4, 0.5) is 17.1 Å². The predicted octanol–water partition coefficient (Wildman–Crippen LogP) is 6.13. The largest absolute Gasteiger partial charge is 0.292 e. The molecule has 4 aromatic carbocycles. The van der Waals surface area contributed by atoms with E-state index >= 15 is 0 Å². The molecule has 0 saturated carbocycles. The number of benzene rings is 4. The molecule has 0 fully saturated rings. The highest BCUT2D eigenvalue weighted by atomic mass is 32.2. The van der Waals surface area contributed by atoms with Crippen LogP contribution in [-0.2, 0) is 9.79 Å². The fourth-order valence-corrected chi connectivity index (χ4v) is 5.96. The Bertz CT molecular complexity index is 1610. The number of hydrogen-bond acceptors (Lipinski definition) is 8. The number of hydrogen-bond donors (Lipinski definition) is 0. The SMILES string of the molecule is CC(=O)C1=NN(c2ccc([N+](=O)[O-])cc2)C2(S1)c1ccccc1C(c1ccccc1)=NN2c1ccccc1. The molecule has 0 amide bonds. The number of carbonyl (C=O) groups excluding carboxylic acids is 1. The number of nitro benzene ring substituents is 1. The molecule has 0 N–H and O–H groups in total. The molecule has 0 saturated heterocycles. The predicted molar refractivity (Wildman–Crippen MR) is 150 cm³/mol. The van der Waals surface area contributed by atoms with Crippen LogP contribution in [0.5, 0.6) is 0 Å². The quantitative estimate of drug-likeness (QED) is 0.233. The summed E-state index contributed by atoms with van der Waals surface area (Å²) in [5.41, 5.74) is 4.90. The molecule has 186 valence electrons. The van der Waals surface area contributed by atoms with Gasteiger partial charge in [-0.3, -0.25) is 14.9 Å². The average Bonchev–Trinajstić information content (AvgIpc) is 3.36. The molecule has 8 nitrogen and oxygen atoms in total. The van der Waals surface area contributed by atoms with Gasteiger partial charge < -0.3 is 0 Å². The molecular weight excluding hydrogens is 498 g/mol. The fraction of sp³-hybridized carbons (Fsp3) is 0.0690. The summed E-state index contributed by atoms with van der Waals surface area (Å²) in [6.07, 6.45) is 0. The third-order valence-corrected chi connectivity index (χ3v) is 7.80. The Kier molecular flexibility index (Phi) is 5.77. The van der Waals surface area contributed by atoms with Crippen LogP contribution in [0.3, 0.4) is 0 Å². The van der Waals surface area contributed by atoms with E-state index in [0.29, 0.717) is 10.7 Å². The lowest BCUT2D eigenvalue weighted by atomic mass is 9.93. The number of fused-ring (bicyclic) bond motifs is 2. The second-order valence-electron chi connectivity index (χ2n) is 8.76. The Labute approximate surface area is 223 Å². The molecule has 2 aliphatic heterocycles. The van der Waals surface area contributed by atoms with Crippen molar-refractivity contribution in [1.29, 1.82) is 0 Å². The number of nitrogens with zero attached hydrogens (tertiary/aromatic N) is 5. The van der Waals surface area contributed by atoms with Crippen molar-refractivity contribution in [1.82, 2.24) is 0 Å². The van der Waals surface area contributed by atoms with Crippen molar-refractivity contribution < 1.29 is 9.72 Å². The first-order valence-corrected chi connectivity index (χ1v) is 12.7. The number of Topliss-reactive ketones (excluding diaryl/α,β-unsaturated/α-hetero) is 1. The van der Waals surface area contributed by atoms with Gasteiger partial charge in [-0.05, 0) is 36.0 Å². The van der Waals surface area contributed by atoms with E-state index in [9.17, 15) is 14.9 Å². The van der Waals surface area contributed by atoms with E-state index in [-0.39, 0.29) is 11.5 Å². The summed E-state index contributed by atoms with van der Waals surface area (Å²) in [6.45, 7) is 1.49. The summed E-state index contributed by atoms with van der Waals surface area (Å²) in [5.74, 6) is -0.179. The molecule has 0 bridgehead atoms. The zero-order valence-electron chi connectivity index (χ0n) is 20.3. The van der Waals surface area contributed by atoms with Gasteiger partial charge in [0.15, 0.2) is 10.8 Å². The minimum atomic E-state index is -1.10. The molecule has 2 heterocycles. The van der Waals surface area contributed by atoms with Crippen LogP contribution in [-0.4, -0.2) is 21.5 Å². The molecule has 6 rings (SSSR count). The normalized spacial score (nSPS) is 18.1. The van der Waals surface area contributed by atoms with Gasteiger partial charge in [0.05, 0.1) is 22.0 Å². The number of para-hydroxylation sites is 1. The van der Waals surface area contributed by atoms with Crippen LogP contribution in [0.1, 0.15) is 23.6 Å². The van der Waals surface area contributed by atoms with Gasteiger partial charge in [-0.25, -0.2) is 10.0 Å². The van der Waals surface area contributed by atoms with Gasteiger partial charge in [-0.1, -0.05) is 72.8 Å². The first-order valence-electron chi connectivity index (χ1n) is 11.9. The van der Waals surface area contributed by atoms with Gasteiger partial charge in [0, 0.05) is 35.7 Å². The van der Waals surface area contributed by atoms with Crippen LogP contribution in [0.25, 0.3) is 0 Å². The van der Waals surface area contributed by atoms with E-state index < -0.39 is 9.92 Å². The highest BCUT2D eigenvalue weighted by molar-refractivity contribution is 8.17. The lowest BCUT2D eigenvalue weighted by molar-refractivity contribution is -0.384. The van der Waals surface area contributed by atoms with E-state index in [1.165, 1.54) is 30.8 Å². The molecule has 1 spiro atoms. The van der Waals surface area contributed by atoms with E-state index in [0.717, 1.165) is 28.1 Å². The number of anilines is 2. The van der Waals surface area contributed by atoms with Crippen molar-refractivity contribution in [3.8, 4) is 0 Å². The van der Waals surface area contributed by atoms with Gasteiger partial charge in [0.25, 0.3) is 5.69 Å². The van der Waals surface area contributed by atoms with Crippen molar-refractivity contribution in [3.05, 3.63) is 136 Å². The third-order valence-electron chi connectivity index (χ3n) is 6.39. The average molecular weight is 520 g/mol. The smallest absolute Gasteiger partial charge is 0.269 e. The molecule has 2 aliphatic rings. The second-order valence-corrected chi connectivity index (χ2v) is 9.92. The molecule has 1 unspecified atom stereocenters. The number of carbonyl (C=O) groups is 1. The topological polar surface area (TPSA) is 91.4 Å².